The molecule has 2 aromatic rings. The maximum Gasteiger partial charge on any atom is 0.311 e. The summed E-state index contributed by atoms with van der Waals surface area (Å²) in [7, 11) is 0. The van der Waals surface area contributed by atoms with E-state index in [1.807, 2.05) is 0 Å². The first-order chi connectivity index (χ1) is 9.88. The van der Waals surface area contributed by atoms with Gasteiger partial charge in [-0.3, -0.25) is 20.2 Å². The zero-order valence-corrected chi connectivity index (χ0v) is 10.4. The van der Waals surface area contributed by atoms with E-state index in [-0.39, 0.29) is 28.6 Å². The summed E-state index contributed by atoms with van der Waals surface area (Å²) in [6, 6.07) is 6.68. The standard InChI is InChI=1S/C12H9N3O6/c13-9-3-1-7(14(17)18)5-11(9)21-12-6-8(16)2-4-10(12)15(19)20/h1-6,16H,13H2. The third kappa shape index (κ3) is 2.97. The average Bonchev–Trinajstić information content (AvgIpc) is 2.40. The number of ether oxygens (including phenoxy) is 1. The lowest BCUT2D eigenvalue weighted by Crippen LogP contribution is -1.97. The maximum atomic E-state index is 10.9. The lowest BCUT2D eigenvalue weighted by atomic mass is 10.2. The molecule has 9 heteroatoms. The maximum absolute atomic E-state index is 10.9. The van der Waals surface area contributed by atoms with E-state index < -0.39 is 15.5 Å². The Morgan fingerprint density at radius 2 is 1.71 bits per heavy atom. The molecule has 0 atom stereocenters. The SMILES string of the molecule is Nc1ccc([N+](=O)[O-])cc1Oc1cc(O)ccc1[N+](=O)[O-]. The second kappa shape index (κ2) is 5.33. The van der Waals surface area contributed by atoms with Gasteiger partial charge in [0.1, 0.15) is 5.75 Å². The number of anilines is 1. The van der Waals surface area contributed by atoms with Crippen LogP contribution in [0.3, 0.4) is 0 Å². The van der Waals surface area contributed by atoms with E-state index in [0.29, 0.717) is 0 Å². The Balaban J connectivity index is 2.47. The number of nitro benzene ring substituents is 2. The number of nitrogen functional groups attached to an aromatic ring is 1. The van der Waals surface area contributed by atoms with E-state index in [1.54, 1.807) is 0 Å². The van der Waals surface area contributed by atoms with E-state index in [4.69, 9.17) is 10.5 Å². The van der Waals surface area contributed by atoms with Gasteiger partial charge in [0.25, 0.3) is 5.69 Å². The zero-order valence-electron chi connectivity index (χ0n) is 10.4. The van der Waals surface area contributed by atoms with E-state index in [0.717, 1.165) is 24.3 Å². The van der Waals surface area contributed by atoms with Crippen LogP contribution in [0, 0.1) is 20.2 Å². The number of phenols is 1. The van der Waals surface area contributed by atoms with Crippen molar-refractivity contribution in [3.63, 3.8) is 0 Å². The van der Waals surface area contributed by atoms with Gasteiger partial charge in [0.05, 0.1) is 21.6 Å². The summed E-state index contributed by atoms with van der Waals surface area (Å²) >= 11 is 0. The van der Waals surface area contributed by atoms with Gasteiger partial charge in [-0.25, -0.2) is 0 Å². The number of hydrogen-bond acceptors (Lipinski definition) is 7. The highest BCUT2D eigenvalue weighted by atomic mass is 16.6. The normalized spacial score (nSPS) is 10.1. The number of non-ortho nitro benzene ring substituents is 1. The van der Waals surface area contributed by atoms with E-state index in [1.165, 1.54) is 12.1 Å². The van der Waals surface area contributed by atoms with Crippen molar-refractivity contribution in [2.75, 3.05) is 5.73 Å². The van der Waals surface area contributed by atoms with E-state index >= 15 is 0 Å². The molecule has 0 aliphatic carbocycles. The third-order valence-electron chi connectivity index (χ3n) is 2.57. The molecule has 0 radical (unpaired) electrons. The molecule has 0 spiro atoms. The summed E-state index contributed by atoms with van der Waals surface area (Å²) in [4.78, 5) is 20.2. The summed E-state index contributed by atoms with van der Waals surface area (Å²) in [5.41, 5.74) is 5.01. The fourth-order valence-electron chi connectivity index (χ4n) is 1.58. The predicted octanol–water partition coefficient (Wildman–Crippen LogP) is 2.58. The van der Waals surface area contributed by atoms with Crippen LogP contribution in [0.15, 0.2) is 36.4 Å². The predicted molar refractivity (Wildman–Crippen MR) is 72.3 cm³/mol. The van der Waals surface area contributed by atoms with Crippen LogP contribution in [0.2, 0.25) is 0 Å². The highest BCUT2D eigenvalue weighted by Gasteiger charge is 2.19. The number of nitro groups is 2. The minimum absolute atomic E-state index is 0.0678. The van der Waals surface area contributed by atoms with Crippen molar-refractivity contribution in [3.8, 4) is 17.2 Å². The molecule has 9 nitrogen and oxygen atoms in total. The fraction of sp³-hybridized carbons (Fsp3) is 0. The van der Waals surface area contributed by atoms with Gasteiger partial charge in [0.2, 0.25) is 5.75 Å². The minimum atomic E-state index is -0.706. The van der Waals surface area contributed by atoms with Gasteiger partial charge in [0.15, 0.2) is 5.75 Å². The Morgan fingerprint density at radius 3 is 2.33 bits per heavy atom. The van der Waals surface area contributed by atoms with Gasteiger partial charge >= 0.3 is 5.69 Å². The summed E-state index contributed by atoms with van der Waals surface area (Å²) in [6.45, 7) is 0. The average molecular weight is 291 g/mol. The van der Waals surface area contributed by atoms with Gasteiger partial charge in [0, 0.05) is 18.2 Å². The number of nitrogens with zero attached hydrogens (tertiary/aromatic N) is 2. The molecule has 0 fully saturated rings. The number of rotatable bonds is 4. The lowest BCUT2D eigenvalue weighted by molar-refractivity contribution is -0.386. The smallest absolute Gasteiger partial charge is 0.311 e. The first kappa shape index (κ1) is 14.1. The molecule has 0 unspecified atom stereocenters. The van der Waals surface area contributed by atoms with Crippen LogP contribution in [0.25, 0.3) is 0 Å². The van der Waals surface area contributed by atoms with Crippen LogP contribution in [0.4, 0.5) is 17.1 Å². The second-order valence-electron chi connectivity index (χ2n) is 3.99. The quantitative estimate of drug-likeness (QED) is 0.500. The lowest BCUT2D eigenvalue weighted by Gasteiger charge is -2.08. The van der Waals surface area contributed by atoms with Crippen LogP contribution in [-0.2, 0) is 0 Å². The van der Waals surface area contributed by atoms with Crippen molar-refractivity contribution >= 4 is 17.1 Å². The van der Waals surface area contributed by atoms with Crippen LogP contribution in [0.1, 0.15) is 0 Å². The molecule has 0 saturated heterocycles. The van der Waals surface area contributed by atoms with Crippen molar-refractivity contribution in [2.24, 2.45) is 0 Å². The molecule has 3 N–H and O–H groups in total. The van der Waals surface area contributed by atoms with Gasteiger partial charge in [-0.15, -0.1) is 0 Å². The van der Waals surface area contributed by atoms with Crippen molar-refractivity contribution in [3.05, 3.63) is 56.6 Å². The van der Waals surface area contributed by atoms with Gasteiger partial charge in [-0.1, -0.05) is 0 Å². The molecule has 2 rings (SSSR count). The largest absolute Gasteiger partial charge is 0.508 e. The summed E-state index contributed by atoms with van der Waals surface area (Å²) in [5, 5.41) is 31.0. The number of benzene rings is 2. The van der Waals surface area contributed by atoms with Crippen molar-refractivity contribution < 1.29 is 19.7 Å². The number of nitrogens with two attached hydrogens (primary N) is 1. The molecular weight excluding hydrogens is 282 g/mol. The third-order valence-corrected chi connectivity index (χ3v) is 2.57. The van der Waals surface area contributed by atoms with Crippen molar-refractivity contribution in [2.45, 2.75) is 0 Å². The molecule has 0 bridgehead atoms. The molecule has 21 heavy (non-hydrogen) atoms. The fourth-order valence-corrected chi connectivity index (χ4v) is 1.58. The molecule has 0 amide bonds. The first-order valence-corrected chi connectivity index (χ1v) is 5.57. The number of phenolic OH excluding ortho intramolecular Hbond substituents is 1. The zero-order chi connectivity index (χ0) is 15.6. The highest BCUT2D eigenvalue weighted by molar-refractivity contribution is 5.61. The number of hydrogen-bond donors (Lipinski definition) is 2. The monoisotopic (exact) mass is 291 g/mol. The molecular formula is C12H9N3O6. The van der Waals surface area contributed by atoms with Crippen molar-refractivity contribution in [1.82, 2.24) is 0 Å². The highest BCUT2D eigenvalue weighted by Crippen LogP contribution is 2.37. The van der Waals surface area contributed by atoms with Gasteiger partial charge in [-0.05, 0) is 12.1 Å². The molecule has 108 valence electrons. The van der Waals surface area contributed by atoms with Crippen LogP contribution in [-0.4, -0.2) is 15.0 Å². The Labute approximate surface area is 117 Å². The summed E-state index contributed by atoms with van der Waals surface area (Å²) in [5.74, 6) is -0.635. The first-order valence-electron chi connectivity index (χ1n) is 5.57. The Hall–Kier alpha value is -3.36. The Morgan fingerprint density at radius 1 is 1.00 bits per heavy atom. The van der Waals surface area contributed by atoms with E-state index in [9.17, 15) is 25.3 Å². The molecule has 0 aliphatic rings. The Kier molecular flexibility index (Phi) is 3.57. The second-order valence-corrected chi connectivity index (χ2v) is 3.99. The van der Waals surface area contributed by atoms with Gasteiger partial charge in [-0.2, -0.15) is 0 Å². The molecule has 0 aromatic heterocycles. The molecule has 0 aliphatic heterocycles. The molecule has 2 aromatic carbocycles. The Bertz CT molecular complexity index is 731. The number of aromatic hydroxyl groups is 1. The summed E-state index contributed by atoms with van der Waals surface area (Å²) in [6.07, 6.45) is 0. The minimum Gasteiger partial charge on any atom is -0.508 e. The van der Waals surface area contributed by atoms with Gasteiger partial charge < -0.3 is 15.6 Å². The van der Waals surface area contributed by atoms with Crippen LogP contribution < -0.4 is 10.5 Å². The van der Waals surface area contributed by atoms with Crippen molar-refractivity contribution in [1.29, 1.82) is 0 Å². The molecule has 0 heterocycles. The van der Waals surface area contributed by atoms with Crippen LogP contribution in [0.5, 0.6) is 17.2 Å². The topological polar surface area (TPSA) is 142 Å². The van der Waals surface area contributed by atoms with Crippen LogP contribution >= 0.6 is 0 Å². The summed E-state index contributed by atoms with van der Waals surface area (Å²) < 4.78 is 5.24. The van der Waals surface area contributed by atoms with E-state index in [2.05, 4.69) is 0 Å². The molecule has 0 saturated carbocycles.